The number of aryl methyl sites for hydroxylation is 1. The maximum absolute atomic E-state index is 13.1. The maximum atomic E-state index is 13.1. The smallest absolute Gasteiger partial charge is 0.242 e. The van der Waals surface area contributed by atoms with Crippen LogP contribution in [0.3, 0.4) is 0 Å². The van der Waals surface area contributed by atoms with Crippen molar-refractivity contribution in [2.45, 2.75) is 52.6 Å². The first kappa shape index (κ1) is 25.0. The predicted molar refractivity (Wildman–Crippen MR) is 126 cm³/mol. The van der Waals surface area contributed by atoms with Gasteiger partial charge in [0.25, 0.3) is 0 Å². The Balaban J connectivity index is 2.06. The molecule has 0 aliphatic rings. The van der Waals surface area contributed by atoms with Crippen LogP contribution < -0.4 is 10.1 Å². The van der Waals surface area contributed by atoms with Crippen LogP contribution in [0, 0.1) is 6.92 Å². The van der Waals surface area contributed by atoms with Gasteiger partial charge in [0.05, 0.1) is 16.7 Å². The first-order chi connectivity index (χ1) is 14.8. The SMILES string of the molecule is CCNC(=O)[C@@H](CC)N(Cc1ccc(Cl)c(Cl)c1)C(=O)CCCOc1ccc(C)cc1. The fourth-order valence-corrected chi connectivity index (χ4v) is 3.56. The molecule has 0 fully saturated rings. The van der Waals surface area contributed by atoms with Crippen LogP contribution in [-0.2, 0) is 16.1 Å². The summed E-state index contributed by atoms with van der Waals surface area (Å²) in [4.78, 5) is 27.3. The van der Waals surface area contributed by atoms with Gasteiger partial charge >= 0.3 is 0 Å². The lowest BCUT2D eigenvalue weighted by molar-refractivity contribution is -0.141. The highest BCUT2D eigenvalue weighted by Crippen LogP contribution is 2.24. The molecule has 2 aromatic rings. The van der Waals surface area contributed by atoms with Crippen molar-refractivity contribution in [1.29, 1.82) is 0 Å². The Labute approximate surface area is 194 Å². The van der Waals surface area contributed by atoms with E-state index in [2.05, 4.69) is 5.32 Å². The lowest BCUT2D eigenvalue weighted by Gasteiger charge is -2.30. The number of ether oxygens (including phenoxy) is 1. The Bertz CT molecular complexity index is 872. The monoisotopic (exact) mass is 464 g/mol. The predicted octanol–water partition coefficient (Wildman–Crippen LogP) is 5.40. The molecule has 2 amide bonds. The van der Waals surface area contributed by atoms with Crippen molar-refractivity contribution in [2.75, 3.05) is 13.2 Å². The number of halogens is 2. The average molecular weight is 465 g/mol. The number of nitrogens with zero attached hydrogens (tertiary/aromatic N) is 1. The van der Waals surface area contributed by atoms with Gasteiger partial charge in [-0.1, -0.05) is 53.9 Å². The van der Waals surface area contributed by atoms with Gasteiger partial charge in [-0.25, -0.2) is 0 Å². The van der Waals surface area contributed by atoms with Crippen molar-refractivity contribution >= 4 is 35.0 Å². The van der Waals surface area contributed by atoms with Gasteiger partial charge in [-0.3, -0.25) is 9.59 Å². The van der Waals surface area contributed by atoms with Crippen LogP contribution in [0.5, 0.6) is 5.75 Å². The quantitative estimate of drug-likeness (QED) is 0.452. The van der Waals surface area contributed by atoms with Crippen LogP contribution in [0.15, 0.2) is 42.5 Å². The lowest BCUT2D eigenvalue weighted by Crippen LogP contribution is -2.49. The lowest BCUT2D eigenvalue weighted by atomic mass is 10.1. The molecule has 168 valence electrons. The van der Waals surface area contributed by atoms with Gasteiger partial charge in [0.1, 0.15) is 11.8 Å². The molecule has 5 nitrogen and oxygen atoms in total. The van der Waals surface area contributed by atoms with Gasteiger partial charge < -0.3 is 15.0 Å². The van der Waals surface area contributed by atoms with Gasteiger partial charge in [-0.05, 0) is 56.5 Å². The normalized spacial score (nSPS) is 11.6. The topological polar surface area (TPSA) is 58.6 Å². The molecule has 0 aromatic heterocycles. The van der Waals surface area contributed by atoms with E-state index in [1.807, 2.05) is 51.1 Å². The van der Waals surface area contributed by atoms with Crippen LogP contribution in [0.1, 0.15) is 44.2 Å². The second kappa shape index (κ2) is 12.6. The van der Waals surface area contributed by atoms with E-state index in [9.17, 15) is 9.59 Å². The molecule has 0 heterocycles. The first-order valence-electron chi connectivity index (χ1n) is 10.6. The molecule has 0 spiro atoms. The zero-order chi connectivity index (χ0) is 22.8. The summed E-state index contributed by atoms with van der Waals surface area (Å²) in [5.41, 5.74) is 1.98. The summed E-state index contributed by atoms with van der Waals surface area (Å²) < 4.78 is 5.73. The molecule has 7 heteroatoms. The zero-order valence-electron chi connectivity index (χ0n) is 18.3. The summed E-state index contributed by atoms with van der Waals surface area (Å²) in [5.74, 6) is 0.519. The maximum Gasteiger partial charge on any atom is 0.242 e. The molecule has 0 bridgehead atoms. The van der Waals surface area contributed by atoms with Crippen LogP contribution >= 0.6 is 23.2 Å². The third-order valence-corrected chi connectivity index (χ3v) is 5.64. The van der Waals surface area contributed by atoms with E-state index in [1.165, 1.54) is 0 Å². The average Bonchev–Trinajstić information content (AvgIpc) is 2.75. The molecule has 0 saturated carbocycles. The number of benzene rings is 2. The standard InChI is InChI=1S/C24H30Cl2N2O3/c1-4-22(24(30)27-5-2)28(16-18-10-13-20(25)21(26)15-18)23(29)7-6-14-31-19-11-8-17(3)9-12-19/h8-13,15,22H,4-7,14,16H2,1-3H3,(H,27,30)/t22-/m1/s1. The van der Waals surface area contributed by atoms with Crippen LogP contribution in [0.4, 0.5) is 0 Å². The van der Waals surface area contributed by atoms with Crippen LogP contribution in [-0.4, -0.2) is 35.9 Å². The Hall–Kier alpha value is -2.24. The van der Waals surface area contributed by atoms with Crippen LogP contribution in [0.25, 0.3) is 0 Å². The molecule has 0 aliphatic heterocycles. The van der Waals surface area contributed by atoms with Gasteiger partial charge in [-0.15, -0.1) is 0 Å². The number of rotatable bonds is 11. The van der Waals surface area contributed by atoms with Crippen molar-refractivity contribution in [3.63, 3.8) is 0 Å². The number of likely N-dealkylation sites (N-methyl/N-ethyl adjacent to an activating group) is 1. The van der Waals surface area contributed by atoms with E-state index in [0.29, 0.717) is 36.0 Å². The van der Waals surface area contributed by atoms with Crippen LogP contribution in [0.2, 0.25) is 10.0 Å². The molecule has 2 rings (SSSR count). The second-order valence-electron chi connectivity index (χ2n) is 7.35. The number of hydrogen-bond donors (Lipinski definition) is 1. The van der Waals surface area contributed by atoms with Gasteiger partial charge in [-0.2, -0.15) is 0 Å². The zero-order valence-corrected chi connectivity index (χ0v) is 19.8. The van der Waals surface area contributed by atoms with E-state index >= 15 is 0 Å². The fourth-order valence-electron chi connectivity index (χ4n) is 3.24. The number of amides is 2. The van der Waals surface area contributed by atoms with E-state index in [1.54, 1.807) is 17.0 Å². The Morgan fingerprint density at radius 2 is 1.77 bits per heavy atom. The fraction of sp³-hybridized carbons (Fsp3) is 0.417. The molecule has 1 atom stereocenters. The highest BCUT2D eigenvalue weighted by Gasteiger charge is 2.28. The highest BCUT2D eigenvalue weighted by atomic mass is 35.5. The molecule has 1 N–H and O–H groups in total. The third kappa shape index (κ3) is 7.75. The summed E-state index contributed by atoms with van der Waals surface area (Å²) in [7, 11) is 0. The summed E-state index contributed by atoms with van der Waals surface area (Å²) in [6, 6.07) is 12.5. The highest BCUT2D eigenvalue weighted by molar-refractivity contribution is 6.42. The van der Waals surface area contributed by atoms with E-state index < -0.39 is 6.04 Å². The summed E-state index contributed by atoms with van der Waals surface area (Å²) in [5, 5.41) is 3.70. The van der Waals surface area contributed by atoms with E-state index in [4.69, 9.17) is 27.9 Å². The van der Waals surface area contributed by atoms with Crippen molar-refractivity contribution in [3.05, 3.63) is 63.6 Å². The minimum atomic E-state index is -0.556. The van der Waals surface area contributed by atoms with Crippen molar-refractivity contribution in [1.82, 2.24) is 10.2 Å². The summed E-state index contributed by atoms with van der Waals surface area (Å²) in [6.07, 6.45) is 1.35. The molecule has 2 aromatic carbocycles. The molecule has 0 saturated heterocycles. The van der Waals surface area contributed by atoms with Gasteiger partial charge in [0, 0.05) is 19.5 Å². The van der Waals surface area contributed by atoms with E-state index in [-0.39, 0.29) is 24.8 Å². The molecule has 0 radical (unpaired) electrons. The molecule has 0 aliphatic carbocycles. The minimum absolute atomic E-state index is 0.100. The number of carbonyl (C=O) groups is 2. The van der Waals surface area contributed by atoms with E-state index in [0.717, 1.165) is 16.9 Å². The van der Waals surface area contributed by atoms with Crippen molar-refractivity contribution in [2.24, 2.45) is 0 Å². The van der Waals surface area contributed by atoms with Gasteiger partial charge in [0.15, 0.2) is 0 Å². The largest absolute Gasteiger partial charge is 0.494 e. The summed E-state index contributed by atoms with van der Waals surface area (Å²) >= 11 is 12.2. The summed E-state index contributed by atoms with van der Waals surface area (Å²) in [6.45, 7) is 6.99. The minimum Gasteiger partial charge on any atom is -0.494 e. The number of carbonyl (C=O) groups excluding carboxylic acids is 2. The molecular formula is C24H30Cl2N2O3. The van der Waals surface area contributed by atoms with Gasteiger partial charge in [0.2, 0.25) is 11.8 Å². The van der Waals surface area contributed by atoms with Crippen molar-refractivity contribution in [3.8, 4) is 5.75 Å². The molecule has 0 unspecified atom stereocenters. The Morgan fingerprint density at radius 1 is 1.06 bits per heavy atom. The second-order valence-corrected chi connectivity index (χ2v) is 8.17. The first-order valence-corrected chi connectivity index (χ1v) is 11.3. The Kier molecular flexibility index (Phi) is 10.2. The number of hydrogen-bond acceptors (Lipinski definition) is 3. The molecular weight excluding hydrogens is 435 g/mol. The van der Waals surface area contributed by atoms with Crippen molar-refractivity contribution < 1.29 is 14.3 Å². The Morgan fingerprint density at radius 3 is 2.39 bits per heavy atom. The number of nitrogens with one attached hydrogen (secondary N) is 1. The molecule has 31 heavy (non-hydrogen) atoms. The third-order valence-electron chi connectivity index (χ3n) is 4.90.